The lowest BCUT2D eigenvalue weighted by Gasteiger charge is -2.01. The maximum absolute atomic E-state index is 12.1. The van der Waals surface area contributed by atoms with Crippen molar-refractivity contribution in [3.8, 4) is 0 Å². The predicted octanol–water partition coefficient (Wildman–Crippen LogP) is 3.53. The number of hydrogen-bond acceptors (Lipinski definition) is 1. The molecule has 0 aliphatic rings. The van der Waals surface area contributed by atoms with Crippen LogP contribution in [0.2, 0.25) is 0 Å². The molecule has 0 amide bonds. The highest BCUT2D eigenvalue weighted by Crippen LogP contribution is 2.11. The monoisotopic (exact) mass is 257 g/mol. The van der Waals surface area contributed by atoms with E-state index in [-0.39, 0.29) is 0 Å². The Morgan fingerprint density at radius 1 is 1.00 bits per heavy atom. The Morgan fingerprint density at radius 3 is 2.22 bits per heavy atom. The molecule has 2 aromatic rings. The third-order valence-corrected chi connectivity index (χ3v) is 3.75. The van der Waals surface area contributed by atoms with Gasteiger partial charge in [-0.05, 0) is 31.5 Å². The summed E-state index contributed by atoms with van der Waals surface area (Å²) in [6.07, 6.45) is 0. The van der Waals surface area contributed by atoms with Crippen LogP contribution < -0.4 is 0 Å². The standard InChI is InChI=1S/C15H15NOS/c1-12-8-10-15(11-9-12)18(17)16-13(2)14-6-4-3-5-7-14/h3-11H,1-2H3/t18-/m0/s1. The normalized spacial score (nSPS) is 13.3. The fourth-order valence-corrected chi connectivity index (χ4v) is 2.39. The molecule has 0 aliphatic heterocycles. The summed E-state index contributed by atoms with van der Waals surface area (Å²) in [4.78, 5) is 0.732. The van der Waals surface area contributed by atoms with Gasteiger partial charge in [0.15, 0.2) is 11.0 Å². The Bertz CT molecular complexity index is 573. The Balaban J connectivity index is 2.23. The van der Waals surface area contributed by atoms with Crippen LogP contribution in [0.4, 0.5) is 0 Å². The highest BCUT2D eigenvalue weighted by molar-refractivity contribution is 7.83. The molecule has 2 aromatic carbocycles. The van der Waals surface area contributed by atoms with E-state index < -0.39 is 11.0 Å². The first kappa shape index (κ1) is 12.7. The molecular weight excluding hydrogens is 242 g/mol. The Hall–Kier alpha value is -1.74. The number of nitrogens with zero attached hydrogens (tertiary/aromatic N) is 1. The van der Waals surface area contributed by atoms with Crippen LogP contribution >= 0.6 is 0 Å². The van der Waals surface area contributed by atoms with Gasteiger partial charge in [-0.25, -0.2) is 4.21 Å². The van der Waals surface area contributed by atoms with Gasteiger partial charge in [0.05, 0.1) is 10.6 Å². The fourth-order valence-electron chi connectivity index (χ4n) is 1.56. The van der Waals surface area contributed by atoms with Crippen molar-refractivity contribution in [2.45, 2.75) is 18.7 Å². The molecule has 0 aromatic heterocycles. The van der Waals surface area contributed by atoms with Crippen molar-refractivity contribution in [2.24, 2.45) is 4.40 Å². The van der Waals surface area contributed by atoms with Crippen LogP contribution in [0, 0.1) is 6.92 Å². The molecule has 0 aliphatic carbocycles. The van der Waals surface area contributed by atoms with E-state index >= 15 is 0 Å². The zero-order chi connectivity index (χ0) is 13.0. The SMILES string of the molecule is CC(=N[S@@](=O)c1ccc(C)cc1)c1ccccc1. The molecule has 18 heavy (non-hydrogen) atoms. The molecule has 1 atom stereocenters. The van der Waals surface area contributed by atoms with Crippen LogP contribution in [0.5, 0.6) is 0 Å². The summed E-state index contributed by atoms with van der Waals surface area (Å²) in [7, 11) is -1.33. The van der Waals surface area contributed by atoms with E-state index in [1.807, 2.05) is 68.4 Å². The molecule has 0 heterocycles. The quantitative estimate of drug-likeness (QED) is 0.773. The summed E-state index contributed by atoms with van der Waals surface area (Å²) < 4.78 is 16.3. The molecule has 2 rings (SSSR count). The van der Waals surface area contributed by atoms with E-state index in [4.69, 9.17) is 0 Å². The second-order valence-corrected chi connectivity index (χ2v) is 5.26. The highest BCUT2D eigenvalue weighted by Gasteiger charge is 2.03. The molecular formula is C15H15NOS. The molecule has 3 heteroatoms. The van der Waals surface area contributed by atoms with Crippen LogP contribution in [0.25, 0.3) is 0 Å². The molecule has 92 valence electrons. The molecule has 0 radical (unpaired) electrons. The van der Waals surface area contributed by atoms with E-state index in [0.29, 0.717) is 0 Å². The molecule has 0 N–H and O–H groups in total. The van der Waals surface area contributed by atoms with Gasteiger partial charge in [-0.2, -0.15) is 4.40 Å². The van der Waals surface area contributed by atoms with Crippen LogP contribution in [0.15, 0.2) is 63.9 Å². The summed E-state index contributed by atoms with van der Waals surface area (Å²) >= 11 is 0. The average Bonchev–Trinajstić information content (AvgIpc) is 2.40. The van der Waals surface area contributed by atoms with Crippen molar-refractivity contribution in [3.63, 3.8) is 0 Å². The third-order valence-electron chi connectivity index (χ3n) is 2.63. The Labute approximate surface area is 110 Å². The number of aryl methyl sites for hydroxylation is 1. The van der Waals surface area contributed by atoms with Crippen LogP contribution in [0.1, 0.15) is 18.1 Å². The zero-order valence-electron chi connectivity index (χ0n) is 10.5. The summed E-state index contributed by atoms with van der Waals surface area (Å²) in [5.74, 6) is 0. The number of hydrogen-bond donors (Lipinski definition) is 0. The van der Waals surface area contributed by atoms with Crippen LogP contribution in [-0.4, -0.2) is 9.92 Å². The maximum atomic E-state index is 12.1. The van der Waals surface area contributed by atoms with Crippen LogP contribution in [-0.2, 0) is 11.0 Å². The van der Waals surface area contributed by atoms with E-state index in [2.05, 4.69) is 4.40 Å². The molecule has 0 saturated heterocycles. The molecule has 0 saturated carbocycles. The van der Waals surface area contributed by atoms with E-state index in [1.165, 1.54) is 0 Å². The summed E-state index contributed by atoms with van der Waals surface area (Å²) in [5.41, 5.74) is 2.94. The lowest BCUT2D eigenvalue weighted by molar-refractivity contribution is 0.684. The summed E-state index contributed by atoms with van der Waals surface area (Å²) in [5, 5.41) is 0. The first-order valence-corrected chi connectivity index (χ1v) is 6.87. The first-order valence-electron chi connectivity index (χ1n) is 5.76. The minimum Gasteiger partial charge on any atom is -0.229 e. The molecule has 0 bridgehead atoms. The van der Waals surface area contributed by atoms with E-state index in [0.717, 1.165) is 21.7 Å². The highest BCUT2D eigenvalue weighted by atomic mass is 32.2. The number of benzene rings is 2. The van der Waals surface area contributed by atoms with Gasteiger partial charge in [0, 0.05) is 0 Å². The van der Waals surface area contributed by atoms with Gasteiger partial charge in [0.2, 0.25) is 0 Å². The topological polar surface area (TPSA) is 29.4 Å². The summed E-state index contributed by atoms with van der Waals surface area (Å²) in [6, 6.07) is 17.4. The minimum absolute atomic E-state index is 0.732. The fraction of sp³-hybridized carbons (Fsp3) is 0.133. The Morgan fingerprint density at radius 2 is 1.61 bits per heavy atom. The second-order valence-electron chi connectivity index (χ2n) is 4.10. The molecule has 0 spiro atoms. The average molecular weight is 257 g/mol. The van der Waals surface area contributed by atoms with Gasteiger partial charge in [-0.1, -0.05) is 48.0 Å². The van der Waals surface area contributed by atoms with Gasteiger partial charge < -0.3 is 0 Å². The maximum Gasteiger partial charge on any atom is 0.172 e. The largest absolute Gasteiger partial charge is 0.229 e. The van der Waals surface area contributed by atoms with Crippen molar-refractivity contribution in [3.05, 3.63) is 65.7 Å². The lowest BCUT2D eigenvalue weighted by atomic mass is 10.1. The van der Waals surface area contributed by atoms with Crippen molar-refractivity contribution >= 4 is 16.7 Å². The molecule has 2 nitrogen and oxygen atoms in total. The smallest absolute Gasteiger partial charge is 0.172 e. The second kappa shape index (κ2) is 5.74. The van der Waals surface area contributed by atoms with E-state index in [9.17, 15) is 4.21 Å². The van der Waals surface area contributed by atoms with Gasteiger partial charge in [0.1, 0.15) is 0 Å². The zero-order valence-corrected chi connectivity index (χ0v) is 11.3. The predicted molar refractivity (Wildman–Crippen MR) is 76.2 cm³/mol. The van der Waals surface area contributed by atoms with Crippen molar-refractivity contribution < 1.29 is 4.21 Å². The Kier molecular flexibility index (Phi) is 4.05. The van der Waals surface area contributed by atoms with Gasteiger partial charge in [0.25, 0.3) is 0 Å². The lowest BCUT2D eigenvalue weighted by Crippen LogP contribution is -1.97. The van der Waals surface area contributed by atoms with Crippen molar-refractivity contribution in [2.75, 3.05) is 0 Å². The van der Waals surface area contributed by atoms with Crippen LogP contribution in [0.3, 0.4) is 0 Å². The summed E-state index contributed by atoms with van der Waals surface area (Å²) in [6.45, 7) is 3.88. The molecule has 0 fully saturated rings. The first-order chi connectivity index (χ1) is 8.66. The van der Waals surface area contributed by atoms with Crippen molar-refractivity contribution in [1.82, 2.24) is 0 Å². The van der Waals surface area contributed by atoms with Gasteiger partial charge in [-0.15, -0.1) is 0 Å². The van der Waals surface area contributed by atoms with Gasteiger partial charge >= 0.3 is 0 Å². The van der Waals surface area contributed by atoms with Gasteiger partial charge in [-0.3, -0.25) is 0 Å². The minimum atomic E-state index is -1.33. The van der Waals surface area contributed by atoms with E-state index in [1.54, 1.807) is 0 Å². The number of rotatable bonds is 3. The third kappa shape index (κ3) is 3.14. The van der Waals surface area contributed by atoms with Crippen molar-refractivity contribution in [1.29, 1.82) is 0 Å². The molecule has 0 unspecified atom stereocenters.